The highest BCUT2D eigenvalue weighted by atomic mass is 16.5. The summed E-state index contributed by atoms with van der Waals surface area (Å²) in [7, 11) is 13.6. The summed E-state index contributed by atoms with van der Waals surface area (Å²) in [5.41, 5.74) is 5.33. The summed E-state index contributed by atoms with van der Waals surface area (Å²) in [6.45, 7) is 2.61. The number of benzene rings is 2. The first-order valence-electron chi connectivity index (χ1n) is 14.4. The number of anilines is 2. The van der Waals surface area contributed by atoms with Gasteiger partial charge in [-0.3, -0.25) is 9.97 Å². The molecule has 11 heteroatoms. The maximum Gasteiger partial charge on any atom is 0.203 e. The van der Waals surface area contributed by atoms with Crippen LogP contribution < -0.4 is 38.2 Å². The van der Waals surface area contributed by atoms with Crippen LogP contribution >= 0.6 is 0 Å². The Bertz CT molecular complexity index is 1370. The van der Waals surface area contributed by atoms with Gasteiger partial charge in [0.2, 0.25) is 11.5 Å². The predicted octanol–water partition coefficient (Wildman–Crippen LogP) is 5.45. The van der Waals surface area contributed by atoms with E-state index in [0.29, 0.717) is 47.7 Å². The molecule has 240 valence electrons. The Morgan fingerprint density at radius 1 is 0.511 bits per heavy atom. The quantitative estimate of drug-likeness (QED) is 0.150. The number of pyridine rings is 2. The van der Waals surface area contributed by atoms with Crippen molar-refractivity contribution in [1.82, 2.24) is 9.97 Å². The van der Waals surface area contributed by atoms with Gasteiger partial charge < -0.3 is 43.0 Å². The van der Waals surface area contributed by atoms with Crippen molar-refractivity contribution in [3.05, 3.63) is 60.9 Å². The topological polar surface area (TPSA) is 96.9 Å². The van der Waals surface area contributed by atoms with Crippen molar-refractivity contribution in [3.8, 4) is 57.0 Å². The van der Waals surface area contributed by atoms with E-state index in [1.54, 1.807) is 42.7 Å². The number of rotatable bonds is 16. The van der Waals surface area contributed by atoms with Crippen LogP contribution in [0.2, 0.25) is 0 Å². The predicted molar refractivity (Wildman–Crippen MR) is 176 cm³/mol. The van der Waals surface area contributed by atoms with E-state index in [4.69, 9.17) is 33.2 Å². The van der Waals surface area contributed by atoms with E-state index in [0.717, 1.165) is 47.0 Å². The van der Waals surface area contributed by atoms with Crippen molar-refractivity contribution in [2.24, 2.45) is 0 Å². The lowest BCUT2D eigenvalue weighted by Gasteiger charge is -2.21. The van der Waals surface area contributed by atoms with Crippen LogP contribution in [0.15, 0.2) is 60.9 Å². The van der Waals surface area contributed by atoms with E-state index in [2.05, 4.69) is 19.8 Å². The normalized spacial score (nSPS) is 10.7. The first kappa shape index (κ1) is 33.0. The van der Waals surface area contributed by atoms with E-state index in [1.165, 1.54) is 0 Å². The van der Waals surface area contributed by atoms with E-state index in [1.807, 2.05) is 75.0 Å². The molecule has 0 atom stereocenters. The van der Waals surface area contributed by atoms with Gasteiger partial charge in [-0.1, -0.05) is 0 Å². The molecule has 0 amide bonds. The van der Waals surface area contributed by atoms with E-state index >= 15 is 0 Å². The Kier molecular flexibility index (Phi) is 11.5. The Labute approximate surface area is 265 Å². The van der Waals surface area contributed by atoms with Crippen molar-refractivity contribution in [2.45, 2.75) is 0 Å². The average molecular weight is 619 g/mol. The molecule has 2 heterocycles. The van der Waals surface area contributed by atoms with E-state index < -0.39 is 0 Å². The first-order chi connectivity index (χ1) is 21.9. The van der Waals surface area contributed by atoms with Crippen molar-refractivity contribution in [3.63, 3.8) is 0 Å². The molecule has 4 aromatic rings. The third kappa shape index (κ3) is 7.79. The molecule has 0 bridgehead atoms. The van der Waals surface area contributed by atoms with Gasteiger partial charge in [-0.15, -0.1) is 0 Å². The molecule has 0 aliphatic rings. The van der Waals surface area contributed by atoms with Gasteiger partial charge in [-0.25, -0.2) is 0 Å². The fourth-order valence-corrected chi connectivity index (χ4v) is 4.79. The lowest BCUT2D eigenvalue weighted by molar-refractivity contribution is 0.147. The summed E-state index contributed by atoms with van der Waals surface area (Å²) < 4.78 is 38.7. The summed E-state index contributed by atoms with van der Waals surface area (Å²) in [5, 5.41) is 0. The SMILES string of the molecule is COc1cc(-c2ccc(N(C)CCOCCN(C)c3ccc(-c4cc(OC)c(OC)c(OC)c4)nc3)cn2)cc(OC)c1OC. The van der Waals surface area contributed by atoms with Crippen molar-refractivity contribution in [2.75, 3.05) is 92.9 Å². The second-order valence-corrected chi connectivity index (χ2v) is 10.1. The van der Waals surface area contributed by atoms with Gasteiger partial charge >= 0.3 is 0 Å². The molecule has 0 saturated heterocycles. The molecule has 2 aromatic carbocycles. The van der Waals surface area contributed by atoms with Crippen LogP contribution in [0, 0.1) is 0 Å². The van der Waals surface area contributed by atoms with Crippen LogP contribution in [0.4, 0.5) is 11.4 Å². The first-order valence-corrected chi connectivity index (χ1v) is 14.4. The summed E-state index contributed by atoms with van der Waals surface area (Å²) in [6.07, 6.45) is 3.70. The lowest BCUT2D eigenvalue weighted by atomic mass is 10.1. The minimum Gasteiger partial charge on any atom is -0.493 e. The zero-order chi connectivity index (χ0) is 32.3. The third-order valence-electron chi connectivity index (χ3n) is 7.44. The Morgan fingerprint density at radius 3 is 1.13 bits per heavy atom. The molecule has 45 heavy (non-hydrogen) atoms. The van der Waals surface area contributed by atoms with Crippen LogP contribution in [0.5, 0.6) is 34.5 Å². The highest BCUT2D eigenvalue weighted by Crippen LogP contribution is 2.42. The van der Waals surface area contributed by atoms with Crippen LogP contribution in [0.3, 0.4) is 0 Å². The molecule has 0 saturated carbocycles. The Hall–Kier alpha value is -4.90. The summed E-state index contributed by atoms with van der Waals surface area (Å²) in [6, 6.07) is 15.6. The summed E-state index contributed by atoms with van der Waals surface area (Å²) >= 11 is 0. The Morgan fingerprint density at radius 2 is 0.867 bits per heavy atom. The maximum atomic E-state index is 5.95. The third-order valence-corrected chi connectivity index (χ3v) is 7.44. The van der Waals surface area contributed by atoms with Gasteiger partial charge in [0.25, 0.3) is 0 Å². The number of hydrogen-bond acceptors (Lipinski definition) is 11. The average Bonchev–Trinajstić information content (AvgIpc) is 3.09. The van der Waals surface area contributed by atoms with Crippen LogP contribution in [-0.4, -0.2) is 93.0 Å². The number of methoxy groups -OCH3 is 6. The zero-order valence-corrected chi connectivity index (χ0v) is 27.2. The molecule has 0 unspecified atom stereocenters. The largest absolute Gasteiger partial charge is 0.493 e. The monoisotopic (exact) mass is 618 g/mol. The van der Waals surface area contributed by atoms with Gasteiger partial charge in [-0.2, -0.15) is 0 Å². The molecular formula is C34H42N4O7. The fourth-order valence-electron chi connectivity index (χ4n) is 4.79. The molecule has 0 aliphatic heterocycles. The minimum absolute atomic E-state index is 0.549. The second-order valence-electron chi connectivity index (χ2n) is 10.1. The second kappa shape index (κ2) is 15.7. The highest BCUT2D eigenvalue weighted by molar-refractivity contribution is 5.70. The van der Waals surface area contributed by atoms with E-state index in [-0.39, 0.29) is 0 Å². The molecular weight excluding hydrogens is 576 g/mol. The van der Waals surface area contributed by atoms with Crippen molar-refractivity contribution < 1.29 is 33.2 Å². The van der Waals surface area contributed by atoms with Crippen LogP contribution in [0.1, 0.15) is 0 Å². The van der Waals surface area contributed by atoms with Gasteiger partial charge in [0.05, 0.1) is 91.0 Å². The molecule has 0 spiro atoms. The van der Waals surface area contributed by atoms with Crippen LogP contribution in [-0.2, 0) is 4.74 Å². The highest BCUT2D eigenvalue weighted by Gasteiger charge is 2.16. The van der Waals surface area contributed by atoms with Crippen molar-refractivity contribution in [1.29, 1.82) is 0 Å². The molecule has 0 N–H and O–H groups in total. The van der Waals surface area contributed by atoms with Crippen LogP contribution in [0.25, 0.3) is 22.5 Å². The molecule has 2 aromatic heterocycles. The summed E-state index contributed by atoms with van der Waals surface area (Å²) in [4.78, 5) is 13.6. The van der Waals surface area contributed by atoms with Gasteiger partial charge in [-0.05, 0) is 48.5 Å². The van der Waals surface area contributed by atoms with Crippen molar-refractivity contribution >= 4 is 11.4 Å². The number of likely N-dealkylation sites (N-methyl/N-ethyl adjacent to an activating group) is 2. The molecule has 0 radical (unpaired) electrons. The summed E-state index contributed by atoms with van der Waals surface area (Å²) in [5.74, 6) is 3.44. The van der Waals surface area contributed by atoms with Gasteiger partial charge in [0.15, 0.2) is 23.0 Å². The number of ether oxygens (including phenoxy) is 7. The number of aromatic nitrogens is 2. The smallest absolute Gasteiger partial charge is 0.203 e. The number of hydrogen-bond donors (Lipinski definition) is 0. The number of nitrogens with zero attached hydrogens (tertiary/aromatic N) is 4. The molecule has 0 fully saturated rings. The molecule has 0 aliphatic carbocycles. The Balaban J connectivity index is 1.26. The molecule has 11 nitrogen and oxygen atoms in total. The van der Waals surface area contributed by atoms with E-state index in [9.17, 15) is 0 Å². The molecule has 4 rings (SSSR count). The lowest BCUT2D eigenvalue weighted by Crippen LogP contribution is -2.26. The minimum atomic E-state index is 0.549. The standard InChI is InChI=1S/C34H42N4O7/c1-37(25-9-11-27(35-21-25)23-17-29(39-3)33(43-7)30(18-23)40-4)13-15-45-16-14-38(2)26-10-12-28(36-22-26)24-19-31(41-5)34(44-8)32(20-24)42-6/h9-12,17-22H,13-16H2,1-8H3. The maximum absolute atomic E-state index is 5.95. The zero-order valence-electron chi connectivity index (χ0n) is 27.2. The van der Waals surface area contributed by atoms with Gasteiger partial charge in [0, 0.05) is 38.3 Å². The fraction of sp³-hybridized carbons (Fsp3) is 0.353. The van der Waals surface area contributed by atoms with Gasteiger partial charge in [0.1, 0.15) is 0 Å².